The molecule has 1 amide bonds. The molecule has 1 unspecified atom stereocenters. The number of fused-ring (bicyclic) bond motifs is 1. The number of nitrogens with zero attached hydrogens (tertiary/aromatic N) is 1. The van der Waals surface area contributed by atoms with E-state index in [4.69, 9.17) is 9.31 Å². The van der Waals surface area contributed by atoms with Crippen LogP contribution in [0.4, 0.5) is 14.5 Å². The van der Waals surface area contributed by atoms with Crippen LogP contribution in [0.25, 0.3) is 0 Å². The van der Waals surface area contributed by atoms with Crippen molar-refractivity contribution in [1.29, 1.82) is 0 Å². The van der Waals surface area contributed by atoms with Crippen LogP contribution >= 0.6 is 0 Å². The van der Waals surface area contributed by atoms with Crippen LogP contribution < -0.4 is 10.4 Å². The number of anilines is 1. The minimum absolute atomic E-state index is 0.0185. The summed E-state index contributed by atoms with van der Waals surface area (Å²) in [6, 6.07) is 10.5. The standard InChI is InChI=1S/C27H32BF2NO3/c1-25(2)26(3,4)34-28(33-25)19-13-11-18(12-14-19)27(17-9-7-6-8-10-17)20-15-16-21(29)22(30)23(20)31(5)24(27)32/h11-17H,6-10H2,1-5H3. The van der Waals surface area contributed by atoms with E-state index >= 15 is 0 Å². The highest BCUT2D eigenvalue weighted by Gasteiger charge is 2.57. The third kappa shape index (κ3) is 3.19. The zero-order valence-corrected chi connectivity index (χ0v) is 20.6. The van der Waals surface area contributed by atoms with Gasteiger partial charge in [-0.2, -0.15) is 0 Å². The number of rotatable bonds is 3. The maximum atomic E-state index is 15.0. The molecule has 2 aromatic carbocycles. The smallest absolute Gasteiger partial charge is 0.399 e. The van der Waals surface area contributed by atoms with Gasteiger partial charge in [0.1, 0.15) is 5.41 Å². The van der Waals surface area contributed by atoms with E-state index < -0.39 is 35.4 Å². The number of carbonyl (C=O) groups excluding carboxylic acids is 1. The predicted molar refractivity (Wildman–Crippen MR) is 129 cm³/mol. The summed E-state index contributed by atoms with van der Waals surface area (Å²) in [4.78, 5) is 15.3. The van der Waals surface area contributed by atoms with Crippen LogP contribution in [0.2, 0.25) is 0 Å². The first-order chi connectivity index (χ1) is 16.0. The van der Waals surface area contributed by atoms with Crippen LogP contribution in [0.15, 0.2) is 36.4 Å². The Morgan fingerprint density at radius 2 is 1.50 bits per heavy atom. The fourth-order valence-corrected chi connectivity index (χ4v) is 5.99. The largest absolute Gasteiger partial charge is 0.494 e. The second kappa shape index (κ2) is 7.89. The Hall–Kier alpha value is -2.25. The minimum atomic E-state index is -1.03. The van der Waals surface area contributed by atoms with Gasteiger partial charge in [-0.25, -0.2) is 8.78 Å². The molecule has 0 N–H and O–H groups in total. The topological polar surface area (TPSA) is 38.8 Å². The van der Waals surface area contributed by atoms with E-state index in [0.717, 1.165) is 49.2 Å². The number of benzene rings is 2. The summed E-state index contributed by atoms with van der Waals surface area (Å²) in [5.41, 5.74) is 0.355. The predicted octanol–water partition coefficient (Wildman–Crippen LogP) is 5.11. The number of likely N-dealkylation sites (N-methyl/N-ethyl adjacent to an activating group) is 1. The zero-order valence-electron chi connectivity index (χ0n) is 20.6. The van der Waals surface area contributed by atoms with Crippen molar-refractivity contribution in [2.75, 3.05) is 11.9 Å². The average molecular weight is 467 g/mol. The number of carbonyl (C=O) groups is 1. The molecule has 1 saturated carbocycles. The third-order valence-electron chi connectivity index (χ3n) is 8.58. The molecule has 3 aliphatic rings. The lowest BCUT2D eigenvalue weighted by Crippen LogP contribution is -2.46. The van der Waals surface area contributed by atoms with Crippen molar-refractivity contribution in [3.05, 3.63) is 59.2 Å². The van der Waals surface area contributed by atoms with Crippen molar-refractivity contribution >= 4 is 24.2 Å². The highest BCUT2D eigenvalue weighted by atomic mass is 19.2. The summed E-state index contributed by atoms with van der Waals surface area (Å²) in [5.74, 6) is -2.07. The number of hydrogen-bond donors (Lipinski definition) is 0. The highest BCUT2D eigenvalue weighted by molar-refractivity contribution is 6.62. The molecular formula is C27H32BF2NO3. The molecule has 2 heterocycles. The first kappa shape index (κ1) is 23.5. The molecule has 1 saturated heterocycles. The molecule has 1 aliphatic carbocycles. The summed E-state index contributed by atoms with van der Waals surface area (Å²) in [5, 5.41) is 0. The molecule has 0 spiro atoms. The molecule has 4 nitrogen and oxygen atoms in total. The van der Waals surface area contributed by atoms with Crippen molar-refractivity contribution in [3.8, 4) is 0 Å². The highest BCUT2D eigenvalue weighted by Crippen LogP contribution is 2.54. The molecule has 7 heteroatoms. The van der Waals surface area contributed by atoms with E-state index in [1.807, 2.05) is 52.0 Å². The van der Waals surface area contributed by atoms with Gasteiger partial charge in [-0.05, 0) is 69.1 Å². The van der Waals surface area contributed by atoms with E-state index in [0.29, 0.717) is 5.56 Å². The maximum Gasteiger partial charge on any atom is 0.494 e. The summed E-state index contributed by atoms with van der Waals surface area (Å²) >= 11 is 0. The lowest BCUT2D eigenvalue weighted by atomic mass is 9.61. The lowest BCUT2D eigenvalue weighted by molar-refractivity contribution is -0.123. The quantitative estimate of drug-likeness (QED) is 0.590. The van der Waals surface area contributed by atoms with Crippen LogP contribution in [0.1, 0.15) is 70.9 Å². The number of halogens is 2. The first-order valence-corrected chi connectivity index (χ1v) is 12.2. The van der Waals surface area contributed by atoms with Crippen LogP contribution in [0.3, 0.4) is 0 Å². The summed E-state index contributed by atoms with van der Waals surface area (Å²) in [6.07, 6.45) is 4.92. The molecule has 2 fully saturated rings. The van der Waals surface area contributed by atoms with Crippen molar-refractivity contribution in [1.82, 2.24) is 0 Å². The Morgan fingerprint density at radius 3 is 2.09 bits per heavy atom. The molecule has 2 aromatic rings. The fraction of sp³-hybridized carbons (Fsp3) is 0.519. The average Bonchev–Trinajstić information content (AvgIpc) is 3.17. The van der Waals surface area contributed by atoms with Gasteiger partial charge in [0.15, 0.2) is 11.6 Å². The Balaban J connectivity index is 1.62. The van der Waals surface area contributed by atoms with Gasteiger partial charge in [0.2, 0.25) is 5.91 Å². The monoisotopic (exact) mass is 467 g/mol. The van der Waals surface area contributed by atoms with Crippen LogP contribution in [-0.4, -0.2) is 31.3 Å². The lowest BCUT2D eigenvalue weighted by Gasteiger charge is -2.39. The van der Waals surface area contributed by atoms with Gasteiger partial charge in [-0.15, -0.1) is 0 Å². The van der Waals surface area contributed by atoms with Gasteiger partial charge < -0.3 is 14.2 Å². The maximum absolute atomic E-state index is 15.0. The van der Waals surface area contributed by atoms with Gasteiger partial charge in [-0.1, -0.05) is 49.6 Å². The minimum Gasteiger partial charge on any atom is -0.399 e. The summed E-state index contributed by atoms with van der Waals surface area (Å²) in [7, 11) is 1.04. The van der Waals surface area contributed by atoms with Crippen molar-refractivity contribution < 1.29 is 22.9 Å². The third-order valence-corrected chi connectivity index (χ3v) is 8.58. The molecule has 34 heavy (non-hydrogen) atoms. The second-order valence-corrected chi connectivity index (χ2v) is 11.0. The van der Waals surface area contributed by atoms with Gasteiger partial charge in [-0.3, -0.25) is 4.79 Å². The normalized spacial score (nSPS) is 26.3. The van der Waals surface area contributed by atoms with Gasteiger partial charge in [0.25, 0.3) is 0 Å². The van der Waals surface area contributed by atoms with Crippen LogP contribution in [0, 0.1) is 17.6 Å². The number of amides is 1. The van der Waals surface area contributed by atoms with E-state index in [9.17, 15) is 13.6 Å². The van der Waals surface area contributed by atoms with E-state index in [1.54, 1.807) is 13.1 Å². The summed E-state index contributed by atoms with van der Waals surface area (Å²) in [6.45, 7) is 8.04. The van der Waals surface area contributed by atoms with Gasteiger partial charge >= 0.3 is 7.12 Å². The van der Waals surface area contributed by atoms with Crippen molar-refractivity contribution in [2.24, 2.45) is 5.92 Å². The molecular weight excluding hydrogens is 435 g/mol. The molecule has 1 atom stereocenters. The Kier molecular flexibility index (Phi) is 5.45. The second-order valence-electron chi connectivity index (χ2n) is 11.0. The van der Waals surface area contributed by atoms with Gasteiger partial charge in [0, 0.05) is 7.05 Å². The van der Waals surface area contributed by atoms with E-state index in [-0.39, 0.29) is 17.5 Å². The Bertz CT molecular complexity index is 1110. The number of hydrogen-bond acceptors (Lipinski definition) is 3. The molecule has 0 bridgehead atoms. The SMILES string of the molecule is CN1C(=O)C(c2ccc(B3OC(C)(C)C(C)(C)O3)cc2)(C2CCCCC2)c2ccc(F)c(F)c21. The molecule has 180 valence electrons. The van der Waals surface area contributed by atoms with Gasteiger partial charge in [0.05, 0.1) is 16.9 Å². The van der Waals surface area contributed by atoms with Crippen molar-refractivity contribution in [3.63, 3.8) is 0 Å². The Morgan fingerprint density at radius 1 is 0.912 bits per heavy atom. The Labute approximate surface area is 200 Å². The molecule has 5 rings (SSSR count). The molecule has 2 aliphatic heterocycles. The fourth-order valence-electron chi connectivity index (χ4n) is 5.99. The van der Waals surface area contributed by atoms with E-state index in [2.05, 4.69) is 0 Å². The van der Waals surface area contributed by atoms with E-state index in [1.165, 1.54) is 4.90 Å². The van der Waals surface area contributed by atoms with Crippen molar-refractivity contribution in [2.45, 2.75) is 76.4 Å². The first-order valence-electron chi connectivity index (χ1n) is 12.2. The molecule has 0 aromatic heterocycles. The summed E-state index contributed by atoms with van der Waals surface area (Å²) < 4.78 is 41.5. The van der Waals surface area contributed by atoms with Crippen LogP contribution in [-0.2, 0) is 19.5 Å². The van der Waals surface area contributed by atoms with Crippen LogP contribution in [0.5, 0.6) is 0 Å². The zero-order chi connectivity index (χ0) is 24.5. The molecule has 0 radical (unpaired) electrons.